The highest BCUT2D eigenvalue weighted by molar-refractivity contribution is 7.80. The monoisotopic (exact) mass is 459 g/mol. The zero-order chi connectivity index (χ0) is 23.0. The summed E-state index contributed by atoms with van der Waals surface area (Å²) in [6.07, 6.45) is 33.0. The summed E-state index contributed by atoms with van der Waals surface area (Å²) in [6.45, 7) is 2.30. The second kappa shape index (κ2) is 23.7. The molecule has 1 heteroatoms. The first-order valence-corrected chi connectivity index (χ1v) is 15.0. The van der Waals surface area contributed by atoms with Gasteiger partial charge in [-0.2, -0.15) is 0 Å². The van der Waals surface area contributed by atoms with E-state index in [1.807, 2.05) is 0 Å². The molecule has 1 unspecified atom stereocenters. The molecule has 0 bridgehead atoms. The molecule has 1 rings (SSSR count). The summed E-state index contributed by atoms with van der Waals surface area (Å²) in [5.74, 6) is 0. The van der Waals surface area contributed by atoms with Crippen molar-refractivity contribution < 1.29 is 0 Å². The lowest BCUT2D eigenvalue weighted by molar-refractivity contribution is 0.518. The van der Waals surface area contributed by atoms with Gasteiger partial charge in [0.1, 0.15) is 0 Å². The van der Waals surface area contributed by atoms with E-state index in [0.29, 0.717) is 5.25 Å². The molecule has 32 heavy (non-hydrogen) atoms. The van der Waals surface area contributed by atoms with Crippen LogP contribution in [0.4, 0.5) is 0 Å². The summed E-state index contributed by atoms with van der Waals surface area (Å²) in [6, 6.07) is 10.6. The summed E-state index contributed by atoms with van der Waals surface area (Å²) < 4.78 is 0. The average molecular weight is 460 g/mol. The molecule has 0 nitrogen and oxygen atoms in total. The molecular formula is C31H55S. The molecular weight excluding hydrogens is 404 g/mol. The Labute approximate surface area is 208 Å². The summed E-state index contributed by atoms with van der Waals surface area (Å²) in [5, 5.41) is 0.307. The Morgan fingerprint density at radius 2 is 0.781 bits per heavy atom. The highest BCUT2D eigenvalue weighted by Crippen LogP contribution is 2.26. The first-order chi connectivity index (χ1) is 15.8. The van der Waals surface area contributed by atoms with E-state index in [1.165, 1.54) is 153 Å². The van der Waals surface area contributed by atoms with Gasteiger partial charge in [-0.15, -0.1) is 0 Å². The van der Waals surface area contributed by atoms with Crippen molar-refractivity contribution in [3.63, 3.8) is 0 Å². The molecule has 0 aromatic heterocycles. The van der Waals surface area contributed by atoms with Crippen molar-refractivity contribution in [2.45, 2.75) is 160 Å². The van der Waals surface area contributed by atoms with Gasteiger partial charge >= 0.3 is 0 Å². The second-order valence-electron chi connectivity index (χ2n) is 10.1. The third-order valence-electron chi connectivity index (χ3n) is 6.99. The lowest BCUT2D eigenvalue weighted by Crippen LogP contribution is -1.90. The largest absolute Gasteiger partial charge is 0.0853 e. The van der Waals surface area contributed by atoms with Gasteiger partial charge in [0, 0.05) is 5.25 Å². The van der Waals surface area contributed by atoms with Gasteiger partial charge in [0.15, 0.2) is 0 Å². The quantitative estimate of drug-likeness (QED) is 0.135. The Morgan fingerprint density at radius 3 is 1.12 bits per heavy atom. The molecule has 0 aliphatic carbocycles. The van der Waals surface area contributed by atoms with E-state index in [-0.39, 0.29) is 0 Å². The van der Waals surface area contributed by atoms with Crippen molar-refractivity contribution in [3.8, 4) is 0 Å². The van der Waals surface area contributed by atoms with Gasteiger partial charge in [-0.05, 0) is 12.0 Å². The number of hydrogen-bond acceptors (Lipinski definition) is 0. The lowest BCUT2D eigenvalue weighted by atomic mass is 10.0. The fraction of sp³-hybridized carbons (Fsp3) is 0.806. The zero-order valence-electron chi connectivity index (χ0n) is 21.6. The normalized spacial score (nSPS) is 12.3. The SMILES string of the molecule is CCCCCCCCCCCCCCCCCCCCCCCCC([S])c1ccccc1. The van der Waals surface area contributed by atoms with Crippen LogP contribution in [0.2, 0.25) is 0 Å². The van der Waals surface area contributed by atoms with Crippen molar-refractivity contribution in [2.75, 3.05) is 0 Å². The first-order valence-electron chi connectivity index (χ1n) is 14.6. The number of rotatable bonds is 24. The molecule has 0 saturated carbocycles. The van der Waals surface area contributed by atoms with E-state index >= 15 is 0 Å². The Hall–Kier alpha value is -0.430. The summed E-state index contributed by atoms with van der Waals surface area (Å²) in [5.41, 5.74) is 1.32. The number of unbranched alkanes of at least 4 members (excludes halogenated alkanes) is 21. The third-order valence-corrected chi connectivity index (χ3v) is 7.50. The van der Waals surface area contributed by atoms with Crippen molar-refractivity contribution in [3.05, 3.63) is 35.9 Å². The maximum Gasteiger partial charge on any atom is 0.0401 e. The van der Waals surface area contributed by atoms with Crippen LogP contribution in [-0.4, -0.2) is 0 Å². The third kappa shape index (κ3) is 19.1. The van der Waals surface area contributed by atoms with Crippen molar-refractivity contribution in [1.29, 1.82) is 0 Å². The van der Waals surface area contributed by atoms with E-state index in [4.69, 9.17) is 12.6 Å². The van der Waals surface area contributed by atoms with E-state index in [1.54, 1.807) is 0 Å². The van der Waals surface area contributed by atoms with Crippen molar-refractivity contribution in [1.82, 2.24) is 0 Å². The Kier molecular flexibility index (Phi) is 21.9. The number of benzene rings is 1. The average Bonchev–Trinajstić information content (AvgIpc) is 2.82. The fourth-order valence-electron chi connectivity index (χ4n) is 4.77. The maximum atomic E-state index is 5.63. The zero-order valence-corrected chi connectivity index (χ0v) is 22.5. The number of hydrogen-bond donors (Lipinski definition) is 0. The van der Waals surface area contributed by atoms with Gasteiger partial charge in [-0.1, -0.05) is 191 Å². The van der Waals surface area contributed by atoms with Crippen LogP contribution in [0.25, 0.3) is 0 Å². The van der Waals surface area contributed by atoms with Gasteiger partial charge in [0.2, 0.25) is 0 Å². The van der Waals surface area contributed by atoms with Gasteiger partial charge < -0.3 is 0 Å². The van der Waals surface area contributed by atoms with Crippen LogP contribution < -0.4 is 0 Å². The minimum absolute atomic E-state index is 0.307. The smallest absolute Gasteiger partial charge is 0.0401 e. The minimum Gasteiger partial charge on any atom is -0.0853 e. The van der Waals surface area contributed by atoms with Crippen LogP contribution in [0.1, 0.15) is 165 Å². The standard InChI is InChI=1S/C31H55S/c1-2-3-4-5-6-7-8-9-10-11-12-13-14-15-16-17-18-19-20-21-22-26-29-31(32)30-27-24-23-25-28-30/h23-25,27-28,31H,2-22,26,29H2,1H3. The molecule has 1 aromatic rings. The molecule has 0 saturated heterocycles. The Bertz CT molecular complexity index is 469. The predicted molar refractivity (Wildman–Crippen MR) is 149 cm³/mol. The van der Waals surface area contributed by atoms with Crippen molar-refractivity contribution in [2.24, 2.45) is 0 Å². The molecule has 0 amide bonds. The summed E-state index contributed by atoms with van der Waals surface area (Å²) in [7, 11) is 0. The molecule has 0 aliphatic rings. The molecule has 0 spiro atoms. The van der Waals surface area contributed by atoms with Gasteiger partial charge in [-0.25, -0.2) is 0 Å². The topological polar surface area (TPSA) is 0 Å². The molecule has 1 aromatic carbocycles. The van der Waals surface area contributed by atoms with Gasteiger partial charge in [0.25, 0.3) is 0 Å². The molecule has 0 heterocycles. The van der Waals surface area contributed by atoms with E-state index in [9.17, 15) is 0 Å². The van der Waals surface area contributed by atoms with E-state index < -0.39 is 0 Å². The van der Waals surface area contributed by atoms with Crippen LogP contribution in [0, 0.1) is 0 Å². The second-order valence-corrected chi connectivity index (χ2v) is 10.7. The molecule has 1 radical (unpaired) electrons. The Balaban J connectivity index is 1.69. The van der Waals surface area contributed by atoms with Gasteiger partial charge in [0.05, 0.1) is 0 Å². The van der Waals surface area contributed by atoms with Crippen LogP contribution in [0.15, 0.2) is 30.3 Å². The summed E-state index contributed by atoms with van der Waals surface area (Å²) in [4.78, 5) is 0. The van der Waals surface area contributed by atoms with Crippen LogP contribution in [0.3, 0.4) is 0 Å². The first kappa shape index (κ1) is 29.6. The van der Waals surface area contributed by atoms with E-state index in [2.05, 4.69) is 37.3 Å². The minimum atomic E-state index is 0.307. The molecule has 0 N–H and O–H groups in total. The summed E-state index contributed by atoms with van der Waals surface area (Å²) >= 11 is 5.63. The maximum absolute atomic E-state index is 5.63. The fourth-order valence-corrected chi connectivity index (χ4v) is 5.10. The van der Waals surface area contributed by atoms with Gasteiger partial charge in [-0.3, -0.25) is 0 Å². The van der Waals surface area contributed by atoms with Crippen LogP contribution in [-0.2, 0) is 0 Å². The molecule has 0 aliphatic heterocycles. The van der Waals surface area contributed by atoms with Crippen LogP contribution in [0.5, 0.6) is 0 Å². The molecule has 185 valence electrons. The highest BCUT2D eigenvalue weighted by atomic mass is 32.1. The molecule has 1 atom stereocenters. The van der Waals surface area contributed by atoms with Crippen molar-refractivity contribution >= 4 is 12.6 Å². The van der Waals surface area contributed by atoms with E-state index in [0.717, 1.165) is 0 Å². The lowest BCUT2D eigenvalue weighted by Gasteiger charge is -2.09. The van der Waals surface area contributed by atoms with Crippen LogP contribution >= 0.6 is 12.6 Å². The highest BCUT2D eigenvalue weighted by Gasteiger charge is 2.05. The Morgan fingerprint density at radius 1 is 0.469 bits per heavy atom. The molecule has 0 fully saturated rings. The predicted octanol–water partition coefficient (Wildman–Crippen LogP) is 11.9.